The quantitative estimate of drug-likeness (QED) is 0.715. The molecule has 0 saturated carbocycles. The lowest BCUT2D eigenvalue weighted by Crippen LogP contribution is -1.99. The largest absolute Gasteiger partial charge is 0.478 e. The van der Waals surface area contributed by atoms with Crippen molar-refractivity contribution in [3.8, 4) is 18.1 Å². The van der Waals surface area contributed by atoms with Gasteiger partial charge in [-0.1, -0.05) is 12.0 Å². The second-order valence-electron chi connectivity index (χ2n) is 2.36. The molecule has 3 heteroatoms. The maximum Gasteiger partial charge on any atom is 0.188 e. The van der Waals surface area contributed by atoms with E-state index in [1.165, 1.54) is 6.07 Å². The third-order valence-electron chi connectivity index (χ3n) is 1.54. The van der Waals surface area contributed by atoms with Crippen LogP contribution in [0.25, 0.3) is 0 Å². The van der Waals surface area contributed by atoms with Crippen LogP contribution in [0.5, 0.6) is 5.75 Å². The molecule has 0 amide bonds. The lowest BCUT2D eigenvalue weighted by atomic mass is 10.3. The molecule has 0 saturated heterocycles. The van der Waals surface area contributed by atoms with Gasteiger partial charge in [0.15, 0.2) is 11.6 Å². The monoisotopic (exact) mass is 179 g/mol. The fourth-order valence-corrected chi connectivity index (χ4v) is 0.935. The van der Waals surface area contributed by atoms with E-state index in [4.69, 9.17) is 11.2 Å². The number of nitrogens with one attached hydrogen (secondary N) is 1. The number of terminal acetylenes is 1. The summed E-state index contributed by atoms with van der Waals surface area (Å²) in [7, 11) is 1.64. The molecular weight excluding hydrogens is 169 g/mol. The van der Waals surface area contributed by atoms with Gasteiger partial charge in [-0.05, 0) is 12.1 Å². The highest BCUT2D eigenvalue weighted by atomic mass is 19.1. The molecule has 0 fully saturated rings. The maximum atomic E-state index is 13.3. The molecule has 1 rings (SSSR count). The van der Waals surface area contributed by atoms with Crippen molar-refractivity contribution in [1.82, 2.24) is 0 Å². The number of anilines is 1. The lowest BCUT2D eigenvalue weighted by molar-refractivity contribution is 0.349. The van der Waals surface area contributed by atoms with Crippen molar-refractivity contribution in [2.24, 2.45) is 0 Å². The van der Waals surface area contributed by atoms with E-state index in [1.54, 1.807) is 19.2 Å². The molecule has 13 heavy (non-hydrogen) atoms. The van der Waals surface area contributed by atoms with E-state index in [2.05, 4.69) is 11.2 Å². The van der Waals surface area contributed by atoms with Gasteiger partial charge in [-0.2, -0.15) is 0 Å². The van der Waals surface area contributed by atoms with Gasteiger partial charge >= 0.3 is 0 Å². The van der Waals surface area contributed by atoms with Crippen LogP contribution in [0.1, 0.15) is 0 Å². The Bertz CT molecular complexity index is 330. The summed E-state index contributed by atoms with van der Waals surface area (Å²) in [5.74, 6) is 2.03. The van der Waals surface area contributed by atoms with E-state index >= 15 is 0 Å². The van der Waals surface area contributed by atoms with Crippen LogP contribution in [0.4, 0.5) is 10.1 Å². The van der Waals surface area contributed by atoms with Crippen LogP contribution in [0.15, 0.2) is 18.2 Å². The molecule has 0 aliphatic rings. The molecule has 0 heterocycles. The predicted molar refractivity (Wildman–Crippen MR) is 50.3 cm³/mol. The molecule has 0 aliphatic carbocycles. The fourth-order valence-electron chi connectivity index (χ4n) is 0.935. The number of benzene rings is 1. The summed E-state index contributed by atoms with van der Waals surface area (Å²) in [6, 6.07) is 4.85. The predicted octanol–water partition coefficient (Wildman–Crippen LogP) is 1.88. The molecule has 0 aliphatic heterocycles. The van der Waals surface area contributed by atoms with Crippen LogP contribution in [-0.2, 0) is 0 Å². The van der Waals surface area contributed by atoms with Gasteiger partial charge in [0.1, 0.15) is 6.61 Å². The highest BCUT2D eigenvalue weighted by Gasteiger charge is 2.06. The summed E-state index contributed by atoms with van der Waals surface area (Å²) < 4.78 is 18.3. The number of ether oxygens (including phenoxy) is 1. The second kappa shape index (κ2) is 4.36. The van der Waals surface area contributed by atoms with E-state index in [0.29, 0.717) is 5.69 Å². The highest BCUT2D eigenvalue weighted by molar-refractivity contribution is 5.49. The number of rotatable bonds is 3. The highest BCUT2D eigenvalue weighted by Crippen LogP contribution is 2.23. The molecule has 2 nitrogen and oxygen atoms in total. The summed E-state index contributed by atoms with van der Waals surface area (Å²) in [6.07, 6.45) is 4.98. The summed E-state index contributed by atoms with van der Waals surface area (Å²) in [6.45, 7) is 0.0735. The van der Waals surface area contributed by atoms with Gasteiger partial charge in [0.2, 0.25) is 0 Å². The number of halogens is 1. The van der Waals surface area contributed by atoms with Crippen LogP contribution in [-0.4, -0.2) is 13.7 Å². The molecule has 0 radical (unpaired) electrons. The van der Waals surface area contributed by atoms with Crippen molar-refractivity contribution in [2.75, 3.05) is 19.0 Å². The van der Waals surface area contributed by atoms with E-state index < -0.39 is 5.82 Å². The smallest absolute Gasteiger partial charge is 0.188 e. The van der Waals surface area contributed by atoms with Crippen molar-refractivity contribution in [3.63, 3.8) is 0 Å². The normalized spacial score (nSPS) is 9.00. The molecule has 1 N–H and O–H groups in total. The van der Waals surface area contributed by atoms with Crippen molar-refractivity contribution < 1.29 is 9.13 Å². The molecule has 0 aromatic heterocycles. The Morgan fingerprint density at radius 3 is 3.00 bits per heavy atom. The molecule has 1 aromatic rings. The first-order valence-electron chi connectivity index (χ1n) is 3.82. The first-order chi connectivity index (χ1) is 6.29. The Morgan fingerprint density at radius 2 is 2.38 bits per heavy atom. The Balaban J connectivity index is 2.89. The van der Waals surface area contributed by atoms with Gasteiger partial charge in [0, 0.05) is 7.05 Å². The first kappa shape index (κ1) is 9.40. The van der Waals surface area contributed by atoms with E-state index in [-0.39, 0.29) is 12.4 Å². The van der Waals surface area contributed by atoms with Gasteiger partial charge < -0.3 is 10.1 Å². The summed E-state index contributed by atoms with van der Waals surface area (Å²) in [4.78, 5) is 0. The van der Waals surface area contributed by atoms with Crippen molar-refractivity contribution >= 4 is 5.69 Å². The fraction of sp³-hybridized carbons (Fsp3) is 0.200. The van der Waals surface area contributed by atoms with E-state index in [9.17, 15) is 4.39 Å². The van der Waals surface area contributed by atoms with Gasteiger partial charge in [-0.25, -0.2) is 4.39 Å². The third-order valence-corrected chi connectivity index (χ3v) is 1.54. The summed E-state index contributed by atoms with van der Waals surface area (Å²) in [5.41, 5.74) is 0.398. The minimum Gasteiger partial charge on any atom is -0.478 e. The van der Waals surface area contributed by atoms with Gasteiger partial charge in [0.25, 0.3) is 0 Å². The summed E-state index contributed by atoms with van der Waals surface area (Å²) in [5, 5.41) is 2.71. The van der Waals surface area contributed by atoms with Crippen LogP contribution in [0.3, 0.4) is 0 Å². The first-order valence-corrected chi connectivity index (χ1v) is 3.82. The molecule has 0 atom stereocenters. The maximum absolute atomic E-state index is 13.3. The molecule has 0 unspecified atom stereocenters. The second-order valence-corrected chi connectivity index (χ2v) is 2.36. The Hall–Kier alpha value is -1.69. The minimum atomic E-state index is -0.416. The molecule has 68 valence electrons. The number of hydrogen-bond acceptors (Lipinski definition) is 2. The Morgan fingerprint density at radius 1 is 1.62 bits per heavy atom. The van der Waals surface area contributed by atoms with E-state index in [0.717, 1.165) is 0 Å². The molecular formula is C10H10FNO. The number of hydrogen-bond donors (Lipinski definition) is 1. The zero-order valence-electron chi connectivity index (χ0n) is 7.30. The van der Waals surface area contributed by atoms with Crippen LogP contribution in [0.2, 0.25) is 0 Å². The Kier molecular flexibility index (Phi) is 3.15. The zero-order valence-corrected chi connectivity index (χ0v) is 7.30. The topological polar surface area (TPSA) is 21.3 Å². The van der Waals surface area contributed by atoms with Crippen LogP contribution < -0.4 is 10.1 Å². The van der Waals surface area contributed by atoms with Gasteiger partial charge in [-0.15, -0.1) is 6.42 Å². The average Bonchev–Trinajstić information content (AvgIpc) is 2.16. The van der Waals surface area contributed by atoms with Crippen LogP contribution >= 0.6 is 0 Å². The van der Waals surface area contributed by atoms with Gasteiger partial charge in [-0.3, -0.25) is 0 Å². The lowest BCUT2D eigenvalue weighted by Gasteiger charge is -2.07. The Labute approximate surface area is 76.7 Å². The molecule has 1 aromatic carbocycles. The molecule has 0 bridgehead atoms. The van der Waals surface area contributed by atoms with Crippen molar-refractivity contribution in [2.45, 2.75) is 0 Å². The van der Waals surface area contributed by atoms with Crippen LogP contribution in [0, 0.1) is 18.2 Å². The SMILES string of the molecule is C#CCOc1cccc(NC)c1F. The zero-order chi connectivity index (χ0) is 9.68. The average molecular weight is 179 g/mol. The standard InChI is InChI=1S/C10H10FNO/c1-3-7-13-9-6-4-5-8(12-2)10(9)11/h1,4-6,12H,7H2,2H3. The summed E-state index contributed by atoms with van der Waals surface area (Å²) >= 11 is 0. The molecule has 0 spiro atoms. The van der Waals surface area contributed by atoms with Crippen molar-refractivity contribution in [3.05, 3.63) is 24.0 Å². The van der Waals surface area contributed by atoms with Gasteiger partial charge in [0.05, 0.1) is 5.69 Å². The minimum absolute atomic E-state index is 0.0735. The van der Waals surface area contributed by atoms with E-state index in [1.807, 2.05) is 0 Å². The van der Waals surface area contributed by atoms with Crippen molar-refractivity contribution in [1.29, 1.82) is 0 Å². The third kappa shape index (κ3) is 2.12.